The summed E-state index contributed by atoms with van der Waals surface area (Å²) in [4.78, 5) is 19.0. The fraction of sp³-hybridized carbons (Fsp3) is 0.214. The predicted molar refractivity (Wildman–Crippen MR) is 80.9 cm³/mol. The van der Waals surface area contributed by atoms with Gasteiger partial charge in [-0.3, -0.25) is 0 Å². The number of benzene rings is 1. The molecule has 0 spiro atoms. The van der Waals surface area contributed by atoms with E-state index in [1.807, 2.05) is 19.1 Å². The van der Waals surface area contributed by atoms with Crippen LogP contribution in [-0.4, -0.2) is 23.3 Å². The Labute approximate surface area is 122 Å². The van der Waals surface area contributed by atoms with Gasteiger partial charge in [0.1, 0.15) is 6.29 Å². The summed E-state index contributed by atoms with van der Waals surface area (Å²) in [6.07, 6.45) is 2.64. The molecule has 6 heteroatoms. The second-order valence-corrected chi connectivity index (χ2v) is 4.78. The molecule has 0 bridgehead atoms. The Kier molecular flexibility index (Phi) is 4.20. The van der Waals surface area contributed by atoms with Gasteiger partial charge < -0.3 is 15.8 Å². The Hall–Kier alpha value is -2.14. The molecule has 0 radical (unpaired) electrons. The molecule has 0 atom stereocenters. The number of carbonyl (C=O) groups is 1. The topological polar surface area (TPSA) is 80.9 Å². The molecule has 0 fully saturated rings. The first kappa shape index (κ1) is 14.3. The van der Waals surface area contributed by atoms with Crippen molar-refractivity contribution in [3.05, 3.63) is 34.5 Å². The molecule has 1 aromatic heterocycles. The Morgan fingerprint density at radius 2 is 2.20 bits per heavy atom. The zero-order valence-corrected chi connectivity index (χ0v) is 12.0. The number of halogens is 1. The number of nitrogen functional groups attached to an aromatic ring is 1. The summed E-state index contributed by atoms with van der Waals surface area (Å²) in [5.74, 6) is 0.171. The average molecular weight is 291 g/mol. The molecule has 20 heavy (non-hydrogen) atoms. The highest BCUT2D eigenvalue weighted by Gasteiger charge is 2.14. The lowest BCUT2D eigenvalue weighted by molar-refractivity contribution is -0.107. The zero-order valence-electron chi connectivity index (χ0n) is 11.3. The highest BCUT2D eigenvalue weighted by Crippen LogP contribution is 2.33. The van der Waals surface area contributed by atoms with Crippen LogP contribution in [0, 0.1) is 6.92 Å². The van der Waals surface area contributed by atoms with Crippen molar-refractivity contribution < 1.29 is 4.79 Å². The molecule has 0 unspecified atom stereocenters. The second kappa shape index (κ2) is 5.88. The number of aromatic nitrogens is 2. The van der Waals surface area contributed by atoms with Gasteiger partial charge in [-0.2, -0.15) is 0 Å². The van der Waals surface area contributed by atoms with Gasteiger partial charge in [-0.25, -0.2) is 9.97 Å². The summed E-state index contributed by atoms with van der Waals surface area (Å²) in [5, 5.41) is 3.74. The predicted octanol–water partition coefficient (Wildman–Crippen LogP) is 2.47. The van der Waals surface area contributed by atoms with Gasteiger partial charge in [-0.1, -0.05) is 11.6 Å². The van der Waals surface area contributed by atoms with Crippen LogP contribution in [0.2, 0.25) is 5.02 Å². The van der Waals surface area contributed by atoms with Crippen LogP contribution in [0.1, 0.15) is 11.1 Å². The molecule has 1 heterocycles. The Balaban J connectivity index is 2.69. The molecule has 2 aromatic rings. The number of aryl methyl sites for hydroxylation is 1. The maximum atomic E-state index is 10.8. The van der Waals surface area contributed by atoms with Crippen molar-refractivity contribution in [2.75, 3.05) is 18.1 Å². The van der Waals surface area contributed by atoms with Gasteiger partial charge in [0.05, 0.1) is 5.69 Å². The fourth-order valence-corrected chi connectivity index (χ4v) is 2.14. The number of nitrogens with one attached hydrogen (secondary N) is 1. The Morgan fingerprint density at radius 3 is 2.85 bits per heavy atom. The summed E-state index contributed by atoms with van der Waals surface area (Å²) in [6, 6.07) is 3.75. The van der Waals surface area contributed by atoms with Gasteiger partial charge >= 0.3 is 0 Å². The molecule has 3 N–H and O–H groups in total. The third-order valence-corrected chi connectivity index (χ3v) is 3.42. The van der Waals surface area contributed by atoms with Gasteiger partial charge in [-0.15, -0.1) is 0 Å². The first-order valence-electron chi connectivity index (χ1n) is 6.10. The van der Waals surface area contributed by atoms with E-state index in [1.54, 1.807) is 13.2 Å². The summed E-state index contributed by atoms with van der Waals surface area (Å²) >= 11 is 6.13. The van der Waals surface area contributed by atoms with Crippen molar-refractivity contribution in [1.29, 1.82) is 0 Å². The minimum Gasteiger partial charge on any atom is -0.388 e. The highest BCUT2D eigenvalue weighted by atomic mass is 35.5. The maximum Gasteiger partial charge on any atom is 0.220 e. The molecule has 0 aliphatic heterocycles. The summed E-state index contributed by atoms with van der Waals surface area (Å²) in [7, 11) is 1.80. The molecule has 5 nitrogen and oxygen atoms in total. The van der Waals surface area contributed by atoms with Gasteiger partial charge in [0, 0.05) is 41.5 Å². The lowest BCUT2D eigenvalue weighted by Gasteiger charge is -2.14. The van der Waals surface area contributed by atoms with Crippen LogP contribution in [0.5, 0.6) is 0 Å². The fourth-order valence-electron chi connectivity index (χ4n) is 1.98. The zero-order chi connectivity index (χ0) is 14.7. The summed E-state index contributed by atoms with van der Waals surface area (Å²) < 4.78 is 0. The second-order valence-electron chi connectivity index (χ2n) is 4.37. The number of hydrogen-bond donors (Lipinski definition) is 2. The van der Waals surface area contributed by atoms with Crippen LogP contribution < -0.4 is 11.1 Å². The van der Waals surface area contributed by atoms with Crippen molar-refractivity contribution in [3.63, 3.8) is 0 Å². The molecule has 0 saturated carbocycles. The molecule has 2 rings (SSSR count). The van der Waals surface area contributed by atoms with E-state index in [9.17, 15) is 4.79 Å². The molecule has 0 amide bonds. The van der Waals surface area contributed by atoms with E-state index < -0.39 is 0 Å². The van der Waals surface area contributed by atoms with Gasteiger partial charge in [0.25, 0.3) is 0 Å². The van der Waals surface area contributed by atoms with Crippen LogP contribution in [-0.2, 0) is 11.2 Å². The van der Waals surface area contributed by atoms with E-state index in [0.717, 1.165) is 28.7 Å². The number of nitrogens with zero attached hydrogens (tertiary/aromatic N) is 2. The molecule has 0 aliphatic carbocycles. The van der Waals surface area contributed by atoms with E-state index in [-0.39, 0.29) is 12.4 Å². The van der Waals surface area contributed by atoms with E-state index in [1.165, 1.54) is 0 Å². The quantitative estimate of drug-likeness (QED) is 0.846. The lowest BCUT2D eigenvalue weighted by Crippen LogP contribution is -2.03. The summed E-state index contributed by atoms with van der Waals surface area (Å²) in [5.41, 5.74) is 9.64. The monoisotopic (exact) mass is 290 g/mol. The van der Waals surface area contributed by atoms with Gasteiger partial charge in [0.2, 0.25) is 5.95 Å². The van der Waals surface area contributed by atoms with E-state index >= 15 is 0 Å². The number of hydrogen-bond acceptors (Lipinski definition) is 5. The van der Waals surface area contributed by atoms with Crippen molar-refractivity contribution in [1.82, 2.24) is 9.97 Å². The third kappa shape index (κ3) is 2.72. The number of nitrogens with two attached hydrogens (primary N) is 1. The van der Waals surface area contributed by atoms with Crippen LogP contribution >= 0.6 is 11.6 Å². The largest absolute Gasteiger partial charge is 0.388 e. The lowest BCUT2D eigenvalue weighted by atomic mass is 10.0. The molecule has 1 aromatic carbocycles. The maximum absolute atomic E-state index is 10.8. The standard InChI is InChI=1S/C14H15ClN4O/c1-8-5-10(12(17-2)6-11(8)15)13-9(3-4-20)7-18-14(16)19-13/h4-7,17H,3H2,1-2H3,(H2,16,18,19). The van der Waals surface area contributed by atoms with Crippen molar-refractivity contribution in [2.45, 2.75) is 13.3 Å². The van der Waals surface area contributed by atoms with E-state index in [2.05, 4.69) is 15.3 Å². The number of aldehydes is 1. The molecule has 0 saturated heterocycles. The first-order chi connectivity index (χ1) is 9.56. The molecule has 0 aliphatic rings. The molecular formula is C14H15ClN4O. The van der Waals surface area contributed by atoms with E-state index in [0.29, 0.717) is 10.7 Å². The Bertz CT molecular complexity index is 658. The number of rotatable bonds is 4. The smallest absolute Gasteiger partial charge is 0.220 e. The van der Waals surface area contributed by atoms with Crippen LogP contribution in [0.3, 0.4) is 0 Å². The highest BCUT2D eigenvalue weighted by molar-refractivity contribution is 6.31. The first-order valence-corrected chi connectivity index (χ1v) is 6.48. The SMILES string of the molecule is CNc1cc(Cl)c(C)cc1-c1nc(N)ncc1CC=O. The minimum absolute atomic E-state index is 0.171. The van der Waals surface area contributed by atoms with Crippen molar-refractivity contribution >= 4 is 29.5 Å². The number of anilines is 2. The third-order valence-electron chi connectivity index (χ3n) is 3.01. The van der Waals surface area contributed by atoms with Gasteiger partial charge in [-0.05, 0) is 24.6 Å². The van der Waals surface area contributed by atoms with E-state index in [4.69, 9.17) is 17.3 Å². The molecule has 104 valence electrons. The van der Waals surface area contributed by atoms with Crippen molar-refractivity contribution in [3.8, 4) is 11.3 Å². The molecular weight excluding hydrogens is 276 g/mol. The minimum atomic E-state index is 0.171. The van der Waals surface area contributed by atoms with Crippen LogP contribution in [0.25, 0.3) is 11.3 Å². The van der Waals surface area contributed by atoms with Crippen LogP contribution in [0.15, 0.2) is 18.3 Å². The normalized spacial score (nSPS) is 10.3. The summed E-state index contributed by atoms with van der Waals surface area (Å²) in [6.45, 7) is 1.91. The number of carbonyl (C=O) groups excluding carboxylic acids is 1. The van der Waals surface area contributed by atoms with Crippen LogP contribution in [0.4, 0.5) is 11.6 Å². The van der Waals surface area contributed by atoms with Gasteiger partial charge in [0.15, 0.2) is 0 Å². The van der Waals surface area contributed by atoms with Crippen molar-refractivity contribution in [2.24, 2.45) is 0 Å². The Morgan fingerprint density at radius 1 is 1.45 bits per heavy atom. The average Bonchev–Trinajstić information content (AvgIpc) is 2.43.